The van der Waals surface area contributed by atoms with Crippen LogP contribution in [0.3, 0.4) is 0 Å². The van der Waals surface area contributed by atoms with Crippen LogP contribution in [-0.2, 0) is 4.79 Å². The van der Waals surface area contributed by atoms with Gasteiger partial charge in [-0.05, 0) is 36.4 Å². The van der Waals surface area contributed by atoms with Crippen LogP contribution in [0.5, 0.6) is 11.5 Å². The normalized spacial score (nSPS) is 10.4. The second-order valence-corrected chi connectivity index (χ2v) is 7.86. The Bertz CT molecular complexity index is 1140. The lowest BCUT2D eigenvalue weighted by Gasteiger charge is -2.14. The van der Waals surface area contributed by atoms with Crippen molar-refractivity contribution in [3.63, 3.8) is 0 Å². The van der Waals surface area contributed by atoms with E-state index in [0.717, 1.165) is 0 Å². The van der Waals surface area contributed by atoms with Crippen molar-refractivity contribution in [1.29, 1.82) is 0 Å². The summed E-state index contributed by atoms with van der Waals surface area (Å²) in [4.78, 5) is 12.0. The molecule has 3 rings (SSSR count). The molecule has 0 aliphatic rings. The molecule has 2 aromatic carbocycles. The highest BCUT2D eigenvalue weighted by Crippen LogP contribution is 2.36. The lowest BCUT2D eigenvalue weighted by atomic mass is 10.2. The highest BCUT2D eigenvalue weighted by Gasteiger charge is 2.21. The topological polar surface area (TPSA) is 78.3 Å². The standard InChI is InChI=1S/C21H18Cl2N4O3S/c1-4-9-24-19(28)12-31-21-26-25-20(15-10-13(22)5-7-17(15)29-2)27(21)14-6-8-18(30-3)16(23)11-14/h1,5-8,10-11H,9,12H2,2-3H3,(H,24,28). The summed E-state index contributed by atoms with van der Waals surface area (Å²) in [6.45, 7) is 0.158. The summed E-state index contributed by atoms with van der Waals surface area (Å²) >= 11 is 13.8. The van der Waals surface area contributed by atoms with E-state index in [4.69, 9.17) is 39.1 Å². The van der Waals surface area contributed by atoms with Gasteiger partial charge in [-0.25, -0.2) is 0 Å². The molecule has 0 unspecified atom stereocenters. The van der Waals surface area contributed by atoms with Crippen molar-refractivity contribution in [2.45, 2.75) is 5.16 Å². The number of thioether (sulfide) groups is 1. The summed E-state index contributed by atoms with van der Waals surface area (Å²) in [7, 11) is 3.10. The number of halogens is 2. The number of benzene rings is 2. The minimum Gasteiger partial charge on any atom is -0.496 e. The molecule has 0 bridgehead atoms. The second-order valence-electron chi connectivity index (χ2n) is 6.07. The van der Waals surface area contributed by atoms with Crippen LogP contribution in [0.25, 0.3) is 17.1 Å². The Labute approximate surface area is 194 Å². The highest BCUT2D eigenvalue weighted by molar-refractivity contribution is 7.99. The van der Waals surface area contributed by atoms with Crippen LogP contribution in [0.1, 0.15) is 0 Å². The van der Waals surface area contributed by atoms with Crippen molar-refractivity contribution in [1.82, 2.24) is 20.1 Å². The van der Waals surface area contributed by atoms with E-state index in [0.29, 0.717) is 43.8 Å². The molecule has 0 spiro atoms. The van der Waals surface area contributed by atoms with Gasteiger partial charge in [-0.3, -0.25) is 9.36 Å². The Balaban J connectivity index is 2.09. The SMILES string of the molecule is C#CCNC(=O)CSc1nnc(-c2cc(Cl)ccc2OC)n1-c1ccc(OC)c(Cl)c1. The van der Waals surface area contributed by atoms with Crippen molar-refractivity contribution < 1.29 is 14.3 Å². The number of nitrogens with zero attached hydrogens (tertiary/aromatic N) is 3. The Kier molecular flexibility index (Phi) is 7.69. The summed E-state index contributed by atoms with van der Waals surface area (Å²) in [5, 5.41) is 12.7. The van der Waals surface area contributed by atoms with Gasteiger partial charge in [-0.2, -0.15) is 0 Å². The number of terminal acetylenes is 1. The summed E-state index contributed by atoms with van der Waals surface area (Å²) in [5.41, 5.74) is 1.32. The molecule has 1 aromatic heterocycles. The summed E-state index contributed by atoms with van der Waals surface area (Å²) in [5.74, 6) is 3.84. The van der Waals surface area contributed by atoms with Gasteiger partial charge >= 0.3 is 0 Å². The number of carbonyl (C=O) groups excluding carboxylic acids is 1. The fraction of sp³-hybridized carbons (Fsp3) is 0.190. The van der Waals surface area contributed by atoms with Gasteiger partial charge in [0.2, 0.25) is 5.91 Å². The van der Waals surface area contributed by atoms with Gasteiger partial charge in [-0.1, -0.05) is 40.9 Å². The fourth-order valence-electron chi connectivity index (χ4n) is 2.75. The zero-order chi connectivity index (χ0) is 22.4. The number of hydrogen-bond acceptors (Lipinski definition) is 6. The quantitative estimate of drug-likeness (QED) is 0.389. The molecule has 160 valence electrons. The van der Waals surface area contributed by atoms with Crippen molar-refractivity contribution in [2.24, 2.45) is 0 Å². The summed E-state index contributed by atoms with van der Waals surface area (Å²) in [6.07, 6.45) is 5.19. The molecule has 0 radical (unpaired) electrons. The molecule has 3 aromatic rings. The van der Waals surface area contributed by atoms with Crippen LogP contribution in [0.15, 0.2) is 41.6 Å². The van der Waals surface area contributed by atoms with Gasteiger partial charge < -0.3 is 14.8 Å². The third-order valence-corrected chi connectivity index (χ3v) is 5.61. The number of methoxy groups -OCH3 is 2. The largest absolute Gasteiger partial charge is 0.496 e. The number of aromatic nitrogens is 3. The van der Waals surface area contributed by atoms with E-state index in [1.54, 1.807) is 42.0 Å². The van der Waals surface area contributed by atoms with Crippen LogP contribution >= 0.6 is 35.0 Å². The average molecular weight is 477 g/mol. The smallest absolute Gasteiger partial charge is 0.231 e. The number of hydrogen-bond donors (Lipinski definition) is 1. The van der Waals surface area contributed by atoms with Crippen LogP contribution in [0.2, 0.25) is 10.0 Å². The third-order valence-electron chi connectivity index (χ3n) is 4.15. The predicted octanol–water partition coefficient (Wildman–Crippen LogP) is 4.10. The number of carbonyl (C=O) groups is 1. The highest BCUT2D eigenvalue weighted by atomic mass is 35.5. The first-order chi connectivity index (χ1) is 15.0. The van der Waals surface area contributed by atoms with Gasteiger partial charge in [0.1, 0.15) is 11.5 Å². The molecule has 1 amide bonds. The van der Waals surface area contributed by atoms with E-state index < -0.39 is 0 Å². The monoisotopic (exact) mass is 476 g/mol. The van der Waals surface area contributed by atoms with Gasteiger partial charge in [0, 0.05) is 5.02 Å². The zero-order valence-electron chi connectivity index (χ0n) is 16.7. The van der Waals surface area contributed by atoms with E-state index in [1.807, 2.05) is 6.07 Å². The van der Waals surface area contributed by atoms with Gasteiger partial charge in [0.15, 0.2) is 11.0 Å². The number of nitrogens with one attached hydrogen (secondary N) is 1. The maximum atomic E-state index is 12.0. The molecule has 0 saturated carbocycles. The summed E-state index contributed by atoms with van der Waals surface area (Å²) in [6, 6.07) is 10.5. The van der Waals surface area contributed by atoms with Gasteiger partial charge in [0.25, 0.3) is 0 Å². The van der Waals surface area contributed by atoms with Crippen molar-refractivity contribution in [2.75, 3.05) is 26.5 Å². The minimum atomic E-state index is -0.216. The molecule has 7 nitrogen and oxygen atoms in total. The lowest BCUT2D eigenvalue weighted by molar-refractivity contribution is -0.118. The van der Waals surface area contributed by atoms with Gasteiger partial charge in [0.05, 0.1) is 42.8 Å². The predicted molar refractivity (Wildman–Crippen MR) is 122 cm³/mol. The van der Waals surface area contributed by atoms with Crippen LogP contribution < -0.4 is 14.8 Å². The van der Waals surface area contributed by atoms with E-state index in [-0.39, 0.29) is 18.2 Å². The minimum absolute atomic E-state index is 0.108. The second kappa shape index (κ2) is 10.4. The molecular weight excluding hydrogens is 459 g/mol. The number of amides is 1. The van der Waals surface area contributed by atoms with E-state index in [2.05, 4.69) is 21.4 Å². The maximum Gasteiger partial charge on any atom is 0.231 e. The Hall–Kier alpha value is -2.86. The molecule has 10 heteroatoms. The first-order valence-corrected chi connectivity index (χ1v) is 10.7. The third kappa shape index (κ3) is 5.25. The molecule has 0 atom stereocenters. The molecular formula is C21H18Cl2N4O3S. The van der Waals surface area contributed by atoms with E-state index in [1.165, 1.54) is 18.9 Å². The first-order valence-electron chi connectivity index (χ1n) is 8.94. The number of ether oxygens (including phenoxy) is 2. The molecule has 31 heavy (non-hydrogen) atoms. The van der Waals surface area contributed by atoms with Crippen LogP contribution in [0, 0.1) is 12.3 Å². The van der Waals surface area contributed by atoms with Crippen LogP contribution in [0.4, 0.5) is 0 Å². The van der Waals surface area contributed by atoms with E-state index in [9.17, 15) is 4.79 Å². The summed E-state index contributed by atoms with van der Waals surface area (Å²) < 4.78 is 12.5. The van der Waals surface area contributed by atoms with Crippen LogP contribution in [-0.4, -0.2) is 47.2 Å². The molecule has 0 aliphatic carbocycles. The Morgan fingerprint density at radius 3 is 2.58 bits per heavy atom. The Morgan fingerprint density at radius 2 is 1.90 bits per heavy atom. The Morgan fingerprint density at radius 1 is 1.16 bits per heavy atom. The van der Waals surface area contributed by atoms with Crippen molar-refractivity contribution >= 4 is 40.9 Å². The molecule has 0 saturated heterocycles. The van der Waals surface area contributed by atoms with Gasteiger partial charge in [-0.15, -0.1) is 16.6 Å². The zero-order valence-corrected chi connectivity index (χ0v) is 19.0. The van der Waals surface area contributed by atoms with E-state index >= 15 is 0 Å². The molecule has 1 N–H and O–H groups in total. The first kappa shape index (κ1) is 22.8. The lowest BCUT2D eigenvalue weighted by Crippen LogP contribution is -2.25. The van der Waals surface area contributed by atoms with Crippen molar-refractivity contribution in [3.05, 3.63) is 46.4 Å². The molecule has 0 fully saturated rings. The molecule has 1 heterocycles. The average Bonchev–Trinajstić information content (AvgIpc) is 3.19. The van der Waals surface area contributed by atoms with Crippen molar-refractivity contribution in [3.8, 4) is 40.9 Å². The molecule has 0 aliphatic heterocycles. The number of rotatable bonds is 8. The maximum absolute atomic E-state index is 12.0. The fourth-order valence-corrected chi connectivity index (χ4v) is 3.96.